The van der Waals surface area contributed by atoms with Gasteiger partial charge in [-0.15, -0.1) is 0 Å². The maximum atomic E-state index is 5.47. The summed E-state index contributed by atoms with van der Waals surface area (Å²) in [5.41, 5.74) is 1.96. The molecular weight excluding hydrogens is 190 g/mol. The molecule has 0 aliphatic rings. The Morgan fingerprint density at radius 2 is 2.13 bits per heavy atom. The molecule has 3 heteroatoms. The Balaban J connectivity index is 2.32. The Bertz CT molecular complexity index is 331. The number of hydrogen-bond acceptors (Lipinski definition) is 3. The van der Waals surface area contributed by atoms with Gasteiger partial charge >= 0.3 is 0 Å². The normalized spacial score (nSPS) is 11.9. The van der Waals surface area contributed by atoms with E-state index in [9.17, 15) is 0 Å². The van der Waals surface area contributed by atoms with Crippen LogP contribution in [0.4, 0.5) is 0 Å². The van der Waals surface area contributed by atoms with E-state index in [0.29, 0.717) is 13.2 Å². The first-order valence-corrected chi connectivity index (χ1v) is 5.03. The molecular formula is C12H17NO2. The minimum absolute atomic E-state index is 0.557. The Kier molecular flexibility index (Phi) is 4.84. The van der Waals surface area contributed by atoms with Crippen molar-refractivity contribution in [1.29, 1.82) is 0 Å². The van der Waals surface area contributed by atoms with Gasteiger partial charge < -0.3 is 9.26 Å². The number of hydrogen-bond donors (Lipinski definition) is 0. The molecule has 0 N–H and O–H groups in total. The van der Waals surface area contributed by atoms with Crippen molar-refractivity contribution in [3.05, 3.63) is 41.3 Å². The third-order valence-electron chi connectivity index (χ3n) is 2.08. The van der Waals surface area contributed by atoms with Gasteiger partial charge in [-0.2, -0.15) is 0 Å². The molecule has 1 aromatic heterocycles. The van der Waals surface area contributed by atoms with Crippen molar-refractivity contribution in [2.75, 3.05) is 6.61 Å². The van der Waals surface area contributed by atoms with Gasteiger partial charge in [-0.05, 0) is 20.8 Å². The zero-order chi connectivity index (χ0) is 11.1. The van der Waals surface area contributed by atoms with Crippen LogP contribution >= 0.6 is 0 Å². The van der Waals surface area contributed by atoms with Crippen LogP contribution < -0.4 is 0 Å². The summed E-state index contributed by atoms with van der Waals surface area (Å²) in [6.07, 6.45) is 7.88. The van der Waals surface area contributed by atoms with Crippen LogP contribution in [0.2, 0.25) is 0 Å². The van der Waals surface area contributed by atoms with Crippen LogP contribution in [0.3, 0.4) is 0 Å². The number of aryl methyl sites for hydroxylation is 2. The maximum absolute atomic E-state index is 5.47. The first-order chi connectivity index (χ1) is 7.25. The van der Waals surface area contributed by atoms with Gasteiger partial charge in [0.15, 0.2) is 0 Å². The van der Waals surface area contributed by atoms with E-state index in [4.69, 9.17) is 9.26 Å². The monoisotopic (exact) mass is 207 g/mol. The van der Waals surface area contributed by atoms with E-state index in [1.54, 1.807) is 0 Å². The van der Waals surface area contributed by atoms with Gasteiger partial charge in [0.05, 0.1) is 18.9 Å². The third kappa shape index (κ3) is 3.72. The lowest BCUT2D eigenvalue weighted by Gasteiger charge is -1.99. The minimum Gasteiger partial charge on any atom is -0.373 e. The summed E-state index contributed by atoms with van der Waals surface area (Å²) in [5.74, 6) is 0.838. The van der Waals surface area contributed by atoms with Crippen molar-refractivity contribution in [3.8, 4) is 0 Å². The van der Waals surface area contributed by atoms with Gasteiger partial charge in [-0.1, -0.05) is 29.5 Å². The Morgan fingerprint density at radius 1 is 1.33 bits per heavy atom. The number of allylic oxidation sites excluding steroid dienone is 3. The highest BCUT2D eigenvalue weighted by atomic mass is 16.5. The highest BCUT2D eigenvalue weighted by molar-refractivity contribution is 5.19. The molecule has 0 saturated heterocycles. The minimum atomic E-state index is 0.557. The molecule has 1 rings (SSSR count). The lowest BCUT2D eigenvalue weighted by molar-refractivity contribution is 0.147. The molecule has 0 aliphatic heterocycles. The van der Waals surface area contributed by atoms with E-state index in [1.165, 1.54) is 0 Å². The van der Waals surface area contributed by atoms with Crippen molar-refractivity contribution in [1.82, 2.24) is 5.16 Å². The summed E-state index contributed by atoms with van der Waals surface area (Å²) in [6.45, 7) is 6.96. The Labute approximate surface area is 90.4 Å². The van der Waals surface area contributed by atoms with Crippen LogP contribution in [0.15, 0.2) is 28.8 Å². The Hall–Kier alpha value is -1.35. The molecule has 0 aliphatic carbocycles. The SMILES string of the molecule is C/C=C\C=C/COCc1c(C)noc1C. The predicted molar refractivity (Wildman–Crippen MR) is 59.6 cm³/mol. The van der Waals surface area contributed by atoms with Crippen LogP contribution in [-0.4, -0.2) is 11.8 Å². The fraction of sp³-hybridized carbons (Fsp3) is 0.417. The van der Waals surface area contributed by atoms with Crippen LogP contribution in [0.1, 0.15) is 23.9 Å². The Morgan fingerprint density at radius 3 is 2.73 bits per heavy atom. The zero-order valence-electron chi connectivity index (χ0n) is 9.49. The largest absolute Gasteiger partial charge is 0.373 e. The molecule has 82 valence electrons. The number of aromatic nitrogens is 1. The second-order valence-electron chi connectivity index (χ2n) is 3.27. The predicted octanol–water partition coefficient (Wildman–Crippen LogP) is 2.94. The molecule has 0 atom stereocenters. The first-order valence-electron chi connectivity index (χ1n) is 5.03. The fourth-order valence-corrected chi connectivity index (χ4v) is 1.18. The van der Waals surface area contributed by atoms with E-state index in [1.807, 2.05) is 45.1 Å². The van der Waals surface area contributed by atoms with Crippen molar-refractivity contribution in [2.24, 2.45) is 0 Å². The molecule has 0 radical (unpaired) electrons. The molecule has 0 fully saturated rings. The van der Waals surface area contributed by atoms with Crippen LogP contribution in [0.5, 0.6) is 0 Å². The second-order valence-corrected chi connectivity index (χ2v) is 3.27. The van der Waals surface area contributed by atoms with Crippen LogP contribution in [0, 0.1) is 13.8 Å². The molecule has 0 amide bonds. The maximum Gasteiger partial charge on any atom is 0.139 e. The number of nitrogens with zero attached hydrogens (tertiary/aromatic N) is 1. The molecule has 0 saturated carbocycles. The standard InChI is InChI=1S/C12H17NO2/c1-4-5-6-7-8-14-9-12-10(2)13-15-11(12)3/h4-7H,8-9H2,1-3H3/b5-4-,7-6-. The van der Waals surface area contributed by atoms with E-state index in [0.717, 1.165) is 17.0 Å². The van der Waals surface area contributed by atoms with Gasteiger partial charge in [0, 0.05) is 5.56 Å². The fourth-order valence-electron chi connectivity index (χ4n) is 1.18. The molecule has 0 bridgehead atoms. The molecule has 15 heavy (non-hydrogen) atoms. The summed E-state index contributed by atoms with van der Waals surface area (Å²) in [6, 6.07) is 0. The smallest absolute Gasteiger partial charge is 0.139 e. The van der Waals surface area contributed by atoms with Crippen LogP contribution in [0.25, 0.3) is 0 Å². The first kappa shape index (κ1) is 11.7. The van der Waals surface area contributed by atoms with E-state index < -0.39 is 0 Å². The van der Waals surface area contributed by atoms with Crippen molar-refractivity contribution in [2.45, 2.75) is 27.4 Å². The van der Waals surface area contributed by atoms with Gasteiger partial charge in [0.1, 0.15) is 5.76 Å². The summed E-state index contributed by atoms with van der Waals surface area (Å²) >= 11 is 0. The van der Waals surface area contributed by atoms with Crippen molar-refractivity contribution < 1.29 is 9.26 Å². The molecule has 1 heterocycles. The molecule has 0 unspecified atom stereocenters. The zero-order valence-corrected chi connectivity index (χ0v) is 9.49. The van der Waals surface area contributed by atoms with E-state index in [2.05, 4.69) is 5.16 Å². The van der Waals surface area contributed by atoms with Gasteiger partial charge in [-0.3, -0.25) is 0 Å². The lowest BCUT2D eigenvalue weighted by atomic mass is 10.2. The van der Waals surface area contributed by atoms with Crippen LogP contribution in [-0.2, 0) is 11.3 Å². The highest BCUT2D eigenvalue weighted by Crippen LogP contribution is 2.12. The second kappa shape index (κ2) is 6.19. The average molecular weight is 207 g/mol. The topological polar surface area (TPSA) is 35.3 Å². The molecule has 0 spiro atoms. The lowest BCUT2D eigenvalue weighted by Crippen LogP contribution is -1.95. The molecule has 0 aromatic carbocycles. The summed E-state index contributed by atoms with van der Waals surface area (Å²) < 4.78 is 10.5. The molecule has 3 nitrogen and oxygen atoms in total. The van der Waals surface area contributed by atoms with Crippen molar-refractivity contribution >= 4 is 0 Å². The van der Waals surface area contributed by atoms with E-state index >= 15 is 0 Å². The quantitative estimate of drug-likeness (QED) is 0.550. The summed E-state index contributed by atoms with van der Waals surface area (Å²) in [7, 11) is 0. The number of ether oxygens (including phenoxy) is 1. The molecule has 1 aromatic rings. The number of rotatable bonds is 5. The summed E-state index contributed by atoms with van der Waals surface area (Å²) in [4.78, 5) is 0. The average Bonchev–Trinajstić information content (AvgIpc) is 2.54. The van der Waals surface area contributed by atoms with E-state index in [-0.39, 0.29) is 0 Å². The van der Waals surface area contributed by atoms with Crippen molar-refractivity contribution in [3.63, 3.8) is 0 Å². The van der Waals surface area contributed by atoms with Gasteiger partial charge in [0.25, 0.3) is 0 Å². The van der Waals surface area contributed by atoms with Gasteiger partial charge in [-0.25, -0.2) is 0 Å². The van der Waals surface area contributed by atoms with Gasteiger partial charge in [0.2, 0.25) is 0 Å². The highest BCUT2D eigenvalue weighted by Gasteiger charge is 2.07. The summed E-state index contributed by atoms with van der Waals surface area (Å²) in [5, 5.41) is 3.86. The third-order valence-corrected chi connectivity index (χ3v) is 2.08.